The zero-order valence-corrected chi connectivity index (χ0v) is 9.22. The molecule has 0 aliphatic rings. The molecule has 0 heterocycles. The fourth-order valence-corrected chi connectivity index (χ4v) is 0.864. The first-order valence-electron chi connectivity index (χ1n) is 5.04. The van der Waals surface area contributed by atoms with Crippen LogP contribution in [0.2, 0.25) is 0 Å². The molecular formula is C12H18O2. The average Bonchev–Trinajstić information content (AvgIpc) is 2.13. The Morgan fingerprint density at radius 2 is 2.14 bits per heavy atom. The summed E-state index contributed by atoms with van der Waals surface area (Å²) in [6.07, 6.45) is 4.59. The van der Waals surface area contributed by atoms with Crippen molar-refractivity contribution in [3.63, 3.8) is 0 Å². The second-order valence-corrected chi connectivity index (χ2v) is 2.98. The van der Waals surface area contributed by atoms with E-state index in [1.165, 1.54) is 6.08 Å². The number of ether oxygens (including phenoxy) is 1. The van der Waals surface area contributed by atoms with Gasteiger partial charge in [-0.15, -0.1) is 0 Å². The van der Waals surface area contributed by atoms with Crippen LogP contribution in [-0.4, -0.2) is 12.6 Å². The summed E-state index contributed by atoms with van der Waals surface area (Å²) in [5.41, 5.74) is 0.763. The molecule has 0 unspecified atom stereocenters. The van der Waals surface area contributed by atoms with Gasteiger partial charge in [-0.05, 0) is 20.3 Å². The van der Waals surface area contributed by atoms with Crippen molar-refractivity contribution in [2.24, 2.45) is 0 Å². The van der Waals surface area contributed by atoms with Crippen molar-refractivity contribution in [2.45, 2.75) is 40.0 Å². The third-order valence-electron chi connectivity index (χ3n) is 1.56. The number of hydrogen-bond donors (Lipinski definition) is 0. The fourth-order valence-electron chi connectivity index (χ4n) is 0.864. The predicted molar refractivity (Wildman–Crippen MR) is 57.7 cm³/mol. The third kappa shape index (κ3) is 7.42. The van der Waals surface area contributed by atoms with E-state index in [0.29, 0.717) is 6.61 Å². The van der Waals surface area contributed by atoms with Crippen LogP contribution in [-0.2, 0) is 9.53 Å². The minimum absolute atomic E-state index is 0.310. The van der Waals surface area contributed by atoms with Crippen molar-refractivity contribution in [3.8, 4) is 11.8 Å². The van der Waals surface area contributed by atoms with Gasteiger partial charge in [0.05, 0.1) is 6.61 Å². The van der Waals surface area contributed by atoms with Crippen LogP contribution in [0.5, 0.6) is 0 Å². The van der Waals surface area contributed by atoms with Gasteiger partial charge in [-0.3, -0.25) is 0 Å². The molecule has 2 nitrogen and oxygen atoms in total. The summed E-state index contributed by atoms with van der Waals surface area (Å²) in [6.45, 7) is 6.14. The first kappa shape index (κ1) is 12.8. The average molecular weight is 194 g/mol. The summed E-state index contributed by atoms with van der Waals surface area (Å²) >= 11 is 0. The van der Waals surface area contributed by atoms with Gasteiger partial charge >= 0.3 is 5.97 Å². The molecule has 0 N–H and O–H groups in total. The molecule has 78 valence electrons. The van der Waals surface area contributed by atoms with Crippen molar-refractivity contribution in [1.82, 2.24) is 0 Å². The van der Waals surface area contributed by atoms with E-state index in [1.807, 2.05) is 6.92 Å². The van der Waals surface area contributed by atoms with Crippen molar-refractivity contribution in [1.29, 1.82) is 0 Å². The molecule has 0 aliphatic carbocycles. The van der Waals surface area contributed by atoms with Gasteiger partial charge in [-0.2, -0.15) is 0 Å². The molecule has 0 aromatic heterocycles. The Hall–Kier alpha value is -1.23. The maximum Gasteiger partial charge on any atom is 0.331 e. The number of carbonyl (C=O) groups excluding carboxylic acids is 1. The van der Waals surface area contributed by atoms with Crippen LogP contribution >= 0.6 is 0 Å². The Labute approximate surface area is 86.3 Å². The molecule has 0 rings (SSSR count). The number of unbranched alkanes of at least 4 members (excludes halogenated alkanes) is 2. The summed E-state index contributed by atoms with van der Waals surface area (Å²) in [5, 5.41) is 0. The highest BCUT2D eigenvalue weighted by Gasteiger charge is 1.94. The van der Waals surface area contributed by atoms with E-state index in [9.17, 15) is 4.79 Å². The van der Waals surface area contributed by atoms with E-state index in [2.05, 4.69) is 18.8 Å². The van der Waals surface area contributed by atoms with Gasteiger partial charge in [0.1, 0.15) is 0 Å². The minimum atomic E-state index is -0.310. The lowest BCUT2D eigenvalue weighted by molar-refractivity contribution is -0.137. The van der Waals surface area contributed by atoms with Crippen LogP contribution in [0.1, 0.15) is 40.0 Å². The number of allylic oxidation sites excluding steroid dienone is 1. The van der Waals surface area contributed by atoms with E-state index in [-0.39, 0.29) is 5.97 Å². The monoisotopic (exact) mass is 194 g/mol. The molecule has 0 saturated heterocycles. The summed E-state index contributed by atoms with van der Waals surface area (Å²) in [7, 11) is 0. The largest absolute Gasteiger partial charge is 0.463 e. The zero-order valence-electron chi connectivity index (χ0n) is 9.22. The summed E-state index contributed by atoms with van der Waals surface area (Å²) in [5.74, 6) is 5.61. The minimum Gasteiger partial charge on any atom is -0.463 e. The van der Waals surface area contributed by atoms with Crippen LogP contribution in [0.15, 0.2) is 11.6 Å². The molecule has 0 saturated carbocycles. The highest BCUT2D eigenvalue weighted by atomic mass is 16.5. The van der Waals surface area contributed by atoms with Gasteiger partial charge < -0.3 is 4.74 Å². The van der Waals surface area contributed by atoms with Gasteiger partial charge in [-0.1, -0.05) is 25.2 Å². The number of carbonyl (C=O) groups is 1. The molecule has 0 bridgehead atoms. The quantitative estimate of drug-likeness (QED) is 0.298. The maximum atomic E-state index is 11.0. The van der Waals surface area contributed by atoms with Gasteiger partial charge in [0.2, 0.25) is 0 Å². The molecule has 0 aromatic rings. The Kier molecular flexibility index (Phi) is 7.64. The van der Waals surface area contributed by atoms with Gasteiger partial charge in [0.15, 0.2) is 0 Å². The molecule has 0 amide bonds. The number of rotatable bonds is 4. The second kappa shape index (κ2) is 8.37. The Morgan fingerprint density at radius 3 is 2.71 bits per heavy atom. The summed E-state index contributed by atoms with van der Waals surface area (Å²) in [6, 6.07) is 0. The highest BCUT2D eigenvalue weighted by Crippen LogP contribution is 1.94. The van der Waals surface area contributed by atoms with Crippen LogP contribution < -0.4 is 0 Å². The first-order chi connectivity index (χ1) is 6.70. The zero-order chi connectivity index (χ0) is 10.8. The van der Waals surface area contributed by atoms with Crippen molar-refractivity contribution in [2.75, 3.05) is 6.61 Å². The van der Waals surface area contributed by atoms with Gasteiger partial charge in [-0.25, -0.2) is 4.79 Å². The fraction of sp³-hybridized carbons (Fsp3) is 0.583. The Morgan fingerprint density at radius 1 is 1.43 bits per heavy atom. The van der Waals surface area contributed by atoms with Crippen LogP contribution in [0.25, 0.3) is 0 Å². The van der Waals surface area contributed by atoms with E-state index in [1.54, 1.807) is 6.92 Å². The van der Waals surface area contributed by atoms with E-state index < -0.39 is 0 Å². The standard InChI is InChI=1S/C12H18O2/c1-4-6-7-8-9-11(3)10-12(13)14-5-2/h10H,4-7H2,1-3H3/b11-10+. The Balaban J connectivity index is 3.96. The first-order valence-corrected chi connectivity index (χ1v) is 5.04. The maximum absolute atomic E-state index is 11.0. The second-order valence-electron chi connectivity index (χ2n) is 2.98. The van der Waals surface area contributed by atoms with Crippen molar-refractivity contribution >= 4 is 5.97 Å². The lowest BCUT2D eigenvalue weighted by atomic mass is 10.2. The molecule has 0 radical (unpaired) electrons. The summed E-state index contributed by atoms with van der Waals surface area (Å²) < 4.78 is 4.76. The normalized spacial score (nSPS) is 10.4. The lowest BCUT2D eigenvalue weighted by Crippen LogP contribution is -1.99. The molecule has 0 atom stereocenters. The Bertz CT molecular complexity index is 253. The molecule has 0 fully saturated rings. The summed E-state index contributed by atoms with van der Waals surface area (Å²) in [4.78, 5) is 11.0. The van der Waals surface area contributed by atoms with Crippen LogP contribution in [0.3, 0.4) is 0 Å². The molecule has 0 spiro atoms. The molecular weight excluding hydrogens is 176 g/mol. The van der Waals surface area contributed by atoms with E-state index in [0.717, 1.165) is 24.8 Å². The molecule has 0 aromatic carbocycles. The van der Waals surface area contributed by atoms with E-state index >= 15 is 0 Å². The number of esters is 1. The lowest BCUT2D eigenvalue weighted by Gasteiger charge is -1.94. The van der Waals surface area contributed by atoms with Crippen LogP contribution in [0.4, 0.5) is 0 Å². The van der Waals surface area contributed by atoms with Crippen molar-refractivity contribution < 1.29 is 9.53 Å². The predicted octanol–water partition coefficient (Wildman–Crippen LogP) is 2.69. The topological polar surface area (TPSA) is 26.3 Å². The SMILES string of the molecule is CCCCC#C/C(C)=C/C(=O)OCC. The smallest absolute Gasteiger partial charge is 0.331 e. The molecule has 0 aliphatic heterocycles. The molecule has 2 heteroatoms. The third-order valence-corrected chi connectivity index (χ3v) is 1.56. The molecule has 14 heavy (non-hydrogen) atoms. The van der Waals surface area contributed by atoms with Gasteiger partial charge in [0, 0.05) is 18.1 Å². The highest BCUT2D eigenvalue weighted by molar-refractivity contribution is 5.83. The van der Waals surface area contributed by atoms with Crippen LogP contribution in [0, 0.1) is 11.8 Å². The van der Waals surface area contributed by atoms with E-state index in [4.69, 9.17) is 4.74 Å². The van der Waals surface area contributed by atoms with Gasteiger partial charge in [0.25, 0.3) is 0 Å². The van der Waals surface area contributed by atoms with Crippen molar-refractivity contribution in [3.05, 3.63) is 11.6 Å². The number of hydrogen-bond acceptors (Lipinski definition) is 2.